The molecule has 0 saturated carbocycles. The smallest absolute Gasteiger partial charge is 0.163 e. The number of nitrogens with zero attached hydrogens (tertiary/aromatic N) is 5. The standard InChI is InChI=1S/C25H30N6/c1-2-13-31-14-5-9-25(18-31)10-8-21-22(25)29-23(20-7-4-12-27-17-20)30-24(21)28-16-19-6-3-11-26-15-19/h3-4,6-7,11-12,15,17H,2,5,8-10,13-14,16,18H2,1H3,(H,28,29,30). The summed E-state index contributed by atoms with van der Waals surface area (Å²) in [5, 5.41) is 3.60. The molecule has 0 radical (unpaired) electrons. The molecule has 0 bridgehead atoms. The van der Waals surface area contributed by atoms with Crippen LogP contribution in [0.5, 0.6) is 0 Å². The topological polar surface area (TPSA) is 66.8 Å². The van der Waals surface area contributed by atoms with Crippen molar-refractivity contribution in [3.05, 3.63) is 65.9 Å². The molecule has 3 aromatic heterocycles. The second-order valence-corrected chi connectivity index (χ2v) is 8.84. The summed E-state index contributed by atoms with van der Waals surface area (Å²) in [6.07, 6.45) is 13.2. The number of nitrogens with one attached hydrogen (secondary N) is 1. The van der Waals surface area contributed by atoms with E-state index in [2.05, 4.69) is 33.2 Å². The number of pyridine rings is 2. The molecule has 1 aliphatic carbocycles. The van der Waals surface area contributed by atoms with Crippen molar-refractivity contribution in [2.45, 2.75) is 51.0 Å². The molecule has 2 aliphatic rings. The monoisotopic (exact) mass is 414 g/mol. The van der Waals surface area contributed by atoms with E-state index >= 15 is 0 Å². The van der Waals surface area contributed by atoms with Gasteiger partial charge in [0.15, 0.2) is 5.82 Å². The first-order valence-corrected chi connectivity index (χ1v) is 11.4. The van der Waals surface area contributed by atoms with Crippen LogP contribution in [-0.4, -0.2) is 44.5 Å². The van der Waals surface area contributed by atoms with Crippen molar-refractivity contribution in [1.82, 2.24) is 24.8 Å². The lowest BCUT2D eigenvalue weighted by Crippen LogP contribution is -2.45. The van der Waals surface area contributed by atoms with Crippen molar-refractivity contribution in [2.24, 2.45) is 0 Å². The Morgan fingerprint density at radius 1 is 1.06 bits per heavy atom. The SMILES string of the molecule is CCCN1CCCC2(CCc3c(NCc4cccnc4)nc(-c4cccnc4)nc32)C1. The predicted octanol–water partition coefficient (Wildman–Crippen LogP) is 4.24. The normalized spacial score (nSPS) is 20.7. The summed E-state index contributed by atoms with van der Waals surface area (Å²) in [7, 11) is 0. The Morgan fingerprint density at radius 3 is 2.71 bits per heavy atom. The Kier molecular flexibility index (Phi) is 5.64. The van der Waals surface area contributed by atoms with Crippen molar-refractivity contribution < 1.29 is 0 Å². The molecule has 3 aromatic rings. The summed E-state index contributed by atoms with van der Waals surface area (Å²) in [5.41, 5.74) is 4.83. The third-order valence-corrected chi connectivity index (χ3v) is 6.66. The average Bonchev–Trinajstić information content (AvgIpc) is 3.16. The third-order valence-electron chi connectivity index (χ3n) is 6.66. The molecule has 1 N–H and O–H groups in total. The first-order chi connectivity index (χ1) is 15.3. The number of aromatic nitrogens is 4. The summed E-state index contributed by atoms with van der Waals surface area (Å²) in [4.78, 5) is 21.3. The Labute approximate surface area is 184 Å². The van der Waals surface area contributed by atoms with Crippen LogP contribution in [0, 0.1) is 0 Å². The Balaban J connectivity index is 1.53. The van der Waals surface area contributed by atoms with Gasteiger partial charge in [0, 0.05) is 54.4 Å². The number of anilines is 1. The van der Waals surface area contributed by atoms with Gasteiger partial charge in [-0.25, -0.2) is 9.97 Å². The molecule has 1 fully saturated rings. The van der Waals surface area contributed by atoms with Crippen LogP contribution in [-0.2, 0) is 18.4 Å². The third kappa shape index (κ3) is 4.04. The molecule has 4 heterocycles. The van der Waals surface area contributed by atoms with E-state index < -0.39 is 0 Å². The van der Waals surface area contributed by atoms with Crippen LogP contribution in [0.2, 0.25) is 0 Å². The average molecular weight is 415 g/mol. The van der Waals surface area contributed by atoms with E-state index in [1.165, 1.54) is 43.6 Å². The van der Waals surface area contributed by atoms with E-state index in [4.69, 9.17) is 9.97 Å². The van der Waals surface area contributed by atoms with Crippen LogP contribution in [0.4, 0.5) is 5.82 Å². The highest BCUT2D eigenvalue weighted by Crippen LogP contribution is 2.46. The van der Waals surface area contributed by atoms with E-state index in [0.29, 0.717) is 6.54 Å². The Morgan fingerprint density at radius 2 is 1.94 bits per heavy atom. The maximum atomic E-state index is 5.18. The van der Waals surface area contributed by atoms with E-state index in [1.807, 2.05) is 30.6 Å². The highest BCUT2D eigenvalue weighted by atomic mass is 15.1. The quantitative estimate of drug-likeness (QED) is 0.651. The fraction of sp³-hybridized carbons (Fsp3) is 0.440. The van der Waals surface area contributed by atoms with Gasteiger partial charge in [0.2, 0.25) is 0 Å². The number of fused-ring (bicyclic) bond motifs is 2. The largest absolute Gasteiger partial charge is 0.366 e. The molecule has 31 heavy (non-hydrogen) atoms. The van der Waals surface area contributed by atoms with Crippen LogP contribution in [0.3, 0.4) is 0 Å². The van der Waals surface area contributed by atoms with Gasteiger partial charge in [0.25, 0.3) is 0 Å². The lowest BCUT2D eigenvalue weighted by molar-refractivity contribution is 0.143. The molecule has 1 atom stereocenters. The maximum absolute atomic E-state index is 5.18. The van der Waals surface area contributed by atoms with E-state index in [1.54, 1.807) is 12.4 Å². The highest BCUT2D eigenvalue weighted by molar-refractivity contribution is 5.61. The van der Waals surface area contributed by atoms with Crippen molar-refractivity contribution in [2.75, 3.05) is 25.0 Å². The van der Waals surface area contributed by atoms with Crippen LogP contribution < -0.4 is 5.32 Å². The minimum atomic E-state index is 0.146. The highest BCUT2D eigenvalue weighted by Gasteiger charge is 2.44. The van der Waals surface area contributed by atoms with Crippen LogP contribution in [0.25, 0.3) is 11.4 Å². The maximum Gasteiger partial charge on any atom is 0.163 e. The number of hydrogen-bond acceptors (Lipinski definition) is 6. The van der Waals surface area contributed by atoms with Gasteiger partial charge in [-0.3, -0.25) is 9.97 Å². The Hall–Kier alpha value is -2.86. The minimum Gasteiger partial charge on any atom is -0.366 e. The molecular weight excluding hydrogens is 384 g/mol. The van der Waals surface area contributed by atoms with Crippen LogP contribution in [0.1, 0.15) is 49.4 Å². The van der Waals surface area contributed by atoms with E-state index in [9.17, 15) is 0 Å². The molecule has 0 aromatic carbocycles. The Bertz CT molecular complexity index is 1020. The van der Waals surface area contributed by atoms with Crippen molar-refractivity contribution in [1.29, 1.82) is 0 Å². The zero-order chi connectivity index (χ0) is 21.1. The molecule has 1 spiro atoms. The lowest BCUT2D eigenvalue weighted by atomic mass is 9.77. The molecule has 1 saturated heterocycles. The second-order valence-electron chi connectivity index (χ2n) is 8.84. The summed E-state index contributed by atoms with van der Waals surface area (Å²) in [6.45, 7) is 6.46. The summed E-state index contributed by atoms with van der Waals surface area (Å²) in [5.74, 6) is 1.74. The first-order valence-electron chi connectivity index (χ1n) is 11.4. The lowest BCUT2D eigenvalue weighted by Gasteiger charge is -2.40. The van der Waals surface area contributed by atoms with Gasteiger partial charge in [-0.2, -0.15) is 0 Å². The van der Waals surface area contributed by atoms with E-state index in [0.717, 1.165) is 42.2 Å². The van der Waals surface area contributed by atoms with Gasteiger partial charge in [0.1, 0.15) is 5.82 Å². The molecule has 1 unspecified atom stereocenters. The summed E-state index contributed by atoms with van der Waals surface area (Å²) in [6, 6.07) is 8.07. The van der Waals surface area contributed by atoms with E-state index in [-0.39, 0.29) is 5.41 Å². The molecule has 6 heteroatoms. The van der Waals surface area contributed by atoms with Crippen molar-refractivity contribution in [3.63, 3.8) is 0 Å². The fourth-order valence-electron chi connectivity index (χ4n) is 5.23. The summed E-state index contributed by atoms with van der Waals surface area (Å²) < 4.78 is 0. The number of piperidine rings is 1. The van der Waals surface area contributed by atoms with Crippen LogP contribution >= 0.6 is 0 Å². The van der Waals surface area contributed by atoms with Crippen molar-refractivity contribution >= 4 is 5.82 Å². The molecule has 5 rings (SSSR count). The zero-order valence-corrected chi connectivity index (χ0v) is 18.2. The van der Waals surface area contributed by atoms with Gasteiger partial charge in [-0.1, -0.05) is 13.0 Å². The fourth-order valence-corrected chi connectivity index (χ4v) is 5.23. The molecule has 160 valence electrons. The first kappa shape index (κ1) is 20.1. The molecule has 1 aliphatic heterocycles. The van der Waals surface area contributed by atoms with Gasteiger partial charge in [0.05, 0.1) is 5.69 Å². The van der Waals surface area contributed by atoms with Crippen LogP contribution in [0.15, 0.2) is 49.1 Å². The number of likely N-dealkylation sites (tertiary alicyclic amines) is 1. The summed E-state index contributed by atoms with van der Waals surface area (Å²) >= 11 is 0. The zero-order valence-electron chi connectivity index (χ0n) is 18.2. The molecule has 6 nitrogen and oxygen atoms in total. The molecule has 0 amide bonds. The van der Waals surface area contributed by atoms with Gasteiger partial charge < -0.3 is 10.2 Å². The van der Waals surface area contributed by atoms with Gasteiger partial charge >= 0.3 is 0 Å². The number of rotatable bonds is 6. The van der Waals surface area contributed by atoms with Gasteiger partial charge in [-0.05, 0) is 69.0 Å². The second kappa shape index (κ2) is 8.71. The minimum absolute atomic E-state index is 0.146. The van der Waals surface area contributed by atoms with Crippen molar-refractivity contribution in [3.8, 4) is 11.4 Å². The van der Waals surface area contributed by atoms with Gasteiger partial charge in [-0.15, -0.1) is 0 Å². The number of hydrogen-bond donors (Lipinski definition) is 1. The predicted molar refractivity (Wildman–Crippen MR) is 123 cm³/mol. The molecular formula is C25H30N6.